The zero-order valence-corrected chi connectivity index (χ0v) is 20.4. The van der Waals surface area contributed by atoms with Crippen molar-refractivity contribution in [3.63, 3.8) is 0 Å². The fraction of sp³-hybridized carbons (Fsp3) is 0.250. The number of hydrogen-bond acceptors (Lipinski definition) is 4. The Bertz CT molecular complexity index is 1360. The molecule has 1 aliphatic heterocycles. The highest BCUT2D eigenvalue weighted by Crippen LogP contribution is 2.38. The molecule has 4 aromatic rings. The third kappa shape index (κ3) is 4.37. The zero-order valence-electron chi connectivity index (χ0n) is 20.4. The summed E-state index contributed by atoms with van der Waals surface area (Å²) in [4.78, 5) is 27.3. The van der Waals surface area contributed by atoms with E-state index in [1.165, 1.54) is 0 Å². The van der Waals surface area contributed by atoms with Crippen LogP contribution >= 0.6 is 0 Å². The van der Waals surface area contributed by atoms with Gasteiger partial charge in [-0.1, -0.05) is 48.5 Å². The number of ether oxygens (including phenoxy) is 1. The summed E-state index contributed by atoms with van der Waals surface area (Å²) < 4.78 is 9.08. The normalized spacial score (nSPS) is 14.5. The number of aromatic nitrogens is 3. The molecule has 184 valence electrons. The van der Waals surface area contributed by atoms with Crippen LogP contribution in [0.25, 0.3) is 11.5 Å². The van der Waals surface area contributed by atoms with Gasteiger partial charge in [-0.15, -0.1) is 0 Å². The average Bonchev–Trinajstić information content (AvgIpc) is 3.45. The van der Waals surface area contributed by atoms with Crippen molar-refractivity contribution >= 4 is 12.0 Å². The lowest BCUT2D eigenvalue weighted by atomic mass is 10.0. The van der Waals surface area contributed by atoms with E-state index in [-0.39, 0.29) is 31.0 Å². The van der Waals surface area contributed by atoms with Gasteiger partial charge < -0.3 is 19.5 Å². The van der Waals surface area contributed by atoms with Crippen LogP contribution in [0.15, 0.2) is 79.0 Å². The number of nitrogens with one attached hydrogen (secondary N) is 1. The number of benzene rings is 2. The van der Waals surface area contributed by atoms with Gasteiger partial charge in [0.25, 0.3) is 0 Å². The largest absolute Gasteiger partial charge is 0.466 e. The number of carbonyl (C=O) groups excluding carboxylic acids is 2. The maximum absolute atomic E-state index is 13.6. The molecule has 1 aliphatic rings. The smallest absolute Gasteiger partial charge is 0.318 e. The molecular weight excluding hydrogens is 454 g/mol. The Kier molecular flexibility index (Phi) is 6.58. The minimum Gasteiger partial charge on any atom is -0.466 e. The molecule has 0 spiro atoms. The average molecular weight is 484 g/mol. The number of amides is 2. The molecule has 0 radical (unpaired) electrons. The van der Waals surface area contributed by atoms with Gasteiger partial charge >= 0.3 is 12.0 Å². The predicted octanol–water partition coefficient (Wildman–Crippen LogP) is 4.54. The summed E-state index contributed by atoms with van der Waals surface area (Å²) >= 11 is 0. The topological polar surface area (TPSA) is 81.4 Å². The van der Waals surface area contributed by atoms with Gasteiger partial charge in [-0.3, -0.25) is 4.79 Å². The Morgan fingerprint density at radius 1 is 1.03 bits per heavy atom. The molecule has 0 bridgehead atoms. The quantitative estimate of drug-likeness (QED) is 0.408. The number of nitrogens with zero attached hydrogens (tertiary/aromatic N) is 4. The monoisotopic (exact) mass is 483 g/mol. The number of urea groups is 1. The van der Waals surface area contributed by atoms with E-state index in [1.807, 2.05) is 95.5 Å². The fourth-order valence-corrected chi connectivity index (χ4v) is 4.74. The Morgan fingerprint density at radius 3 is 2.47 bits per heavy atom. The van der Waals surface area contributed by atoms with E-state index in [1.54, 1.807) is 6.92 Å². The Hall–Kier alpha value is -4.33. The Labute approximate surface area is 210 Å². The van der Waals surface area contributed by atoms with Gasteiger partial charge in [-0.05, 0) is 43.7 Å². The summed E-state index contributed by atoms with van der Waals surface area (Å²) in [6.45, 7) is 4.62. The molecule has 2 amide bonds. The van der Waals surface area contributed by atoms with E-state index >= 15 is 0 Å². The molecule has 2 aromatic heterocycles. The number of carbonyl (C=O) groups is 2. The van der Waals surface area contributed by atoms with Crippen molar-refractivity contribution in [3.05, 3.63) is 102 Å². The Morgan fingerprint density at radius 2 is 1.75 bits per heavy atom. The van der Waals surface area contributed by atoms with Gasteiger partial charge in [0, 0.05) is 18.3 Å². The first-order valence-electron chi connectivity index (χ1n) is 12.1. The van der Waals surface area contributed by atoms with Crippen molar-refractivity contribution in [1.29, 1.82) is 0 Å². The summed E-state index contributed by atoms with van der Waals surface area (Å²) in [6, 6.07) is 23.5. The second-order valence-electron chi connectivity index (χ2n) is 8.67. The van der Waals surface area contributed by atoms with Crippen LogP contribution in [0.5, 0.6) is 0 Å². The number of fused-ring (bicyclic) bond motifs is 3. The molecule has 1 N–H and O–H groups in total. The van der Waals surface area contributed by atoms with E-state index in [0.29, 0.717) is 13.2 Å². The van der Waals surface area contributed by atoms with Crippen LogP contribution in [0.3, 0.4) is 0 Å². The van der Waals surface area contributed by atoms with Crippen molar-refractivity contribution < 1.29 is 14.3 Å². The summed E-state index contributed by atoms with van der Waals surface area (Å²) in [5.74, 6) is 0.589. The van der Waals surface area contributed by atoms with Crippen molar-refractivity contribution in [2.24, 2.45) is 0 Å². The minimum absolute atomic E-state index is 0.121. The van der Waals surface area contributed by atoms with Crippen molar-refractivity contribution in [1.82, 2.24) is 24.6 Å². The molecule has 5 rings (SSSR count). The standard InChI is InChI=1S/C28H29N5O3/c1-3-36-25(34)16-17-29-28(35)32-19-23-20(2)30-33(22-13-8-5-9-14-22)27(23)31-18-10-15-24(31)26(32)21-11-6-4-7-12-21/h4-15,18,26H,3,16-17,19H2,1-2H3,(H,29,35)/t26-/m0/s1. The van der Waals surface area contributed by atoms with Gasteiger partial charge in [0.1, 0.15) is 5.82 Å². The molecule has 3 heterocycles. The highest BCUT2D eigenvalue weighted by Gasteiger charge is 2.35. The lowest BCUT2D eigenvalue weighted by molar-refractivity contribution is -0.142. The predicted molar refractivity (Wildman–Crippen MR) is 136 cm³/mol. The minimum atomic E-state index is -0.334. The van der Waals surface area contributed by atoms with E-state index in [2.05, 4.69) is 9.88 Å². The summed E-state index contributed by atoms with van der Waals surface area (Å²) in [7, 11) is 0. The van der Waals surface area contributed by atoms with Crippen LogP contribution in [0.1, 0.15) is 41.9 Å². The molecule has 2 aromatic carbocycles. The summed E-state index contributed by atoms with van der Waals surface area (Å²) in [5, 5.41) is 7.79. The third-order valence-corrected chi connectivity index (χ3v) is 6.37. The van der Waals surface area contributed by atoms with Gasteiger partial charge in [-0.25, -0.2) is 9.48 Å². The van der Waals surface area contributed by atoms with E-state index in [9.17, 15) is 9.59 Å². The number of hydrogen-bond donors (Lipinski definition) is 1. The fourth-order valence-electron chi connectivity index (χ4n) is 4.74. The summed E-state index contributed by atoms with van der Waals surface area (Å²) in [6.07, 6.45) is 2.14. The van der Waals surface area contributed by atoms with Crippen molar-refractivity contribution in [3.8, 4) is 11.5 Å². The molecule has 0 aliphatic carbocycles. The van der Waals surface area contributed by atoms with Crippen LogP contribution in [0.4, 0.5) is 4.79 Å². The maximum atomic E-state index is 13.6. The molecule has 36 heavy (non-hydrogen) atoms. The van der Waals surface area contributed by atoms with E-state index in [4.69, 9.17) is 9.84 Å². The van der Waals surface area contributed by atoms with Crippen LogP contribution < -0.4 is 5.32 Å². The van der Waals surface area contributed by atoms with E-state index in [0.717, 1.165) is 34.0 Å². The second kappa shape index (κ2) is 10.1. The molecule has 8 nitrogen and oxygen atoms in total. The van der Waals surface area contributed by atoms with Gasteiger partial charge in [-0.2, -0.15) is 5.10 Å². The molecule has 0 unspecified atom stereocenters. The highest BCUT2D eigenvalue weighted by molar-refractivity contribution is 5.77. The number of rotatable bonds is 6. The first-order chi connectivity index (χ1) is 17.6. The van der Waals surface area contributed by atoms with Crippen LogP contribution in [-0.4, -0.2) is 44.4 Å². The van der Waals surface area contributed by atoms with Crippen molar-refractivity contribution in [2.75, 3.05) is 13.2 Å². The first-order valence-corrected chi connectivity index (χ1v) is 12.1. The van der Waals surface area contributed by atoms with Crippen LogP contribution in [0.2, 0.25) is 0 Å². The summed E-state index contributed by atoms with van der Waals surface area (Å²) in [5.41, 5.74) is 4.73. The first kappa shape index (κ1) is 23.4. The van der Waals surface area contributed by atoms with Gasteiger partial charge in [0.05, 0.1) is 42.7 Å². The Balaban J connectivity index is 1.59. The van der Waals surface area contributed by atoms with Crippen molar-refractivity contribution in [2.45, 2.75) is 32.9 Å². The molecule has 0 fully saturated rings. The molecule has 0 saturated carbocycles. The number of esters is 1. The molecule has 8 heteroatoms. The second-order valence-corrected chi connectivity index (χ2v) is 8.67. The number of aryl methyl sites for hydroxylation is 1. The zero-order chi connectivity index (χ0) is 25.1. The van der Waals surface area contributed by atoms with Crippen LogP contribution in [0, 0.1) is 6.92 Å². The molecule has 0 saturated heterocycles. The maximum Gasteiger partial charge on any atom is 0.318 e. The molecule has 1 atom stereocenters. The van der Waals surface area contributed by atoms with Crippen LogP contribution in [-0.2, 0) is 16.1 Å². The molecular formula is C28H29N5O3. The highest BCUT2D eigenvalue weighted by atomic mass is 16.5. The van der Waals surface area contributed by atoms with E-state index < -0.39 is 0 Å². The lowest BCUT2D eigenvalue weighted by Crippen LogP contribution is -2.42. The number of para-hydroxylation sites is 1. The third-order valence-electron chi connectivity index (χ3n) is 6.37. The van der Waals surface area contributed by atoms with Gasteiger partial charge in [0.2, 0.25) is 0 Å². The SMILES string of the molecule is CCOC(=O)CCNC(=O)N1Cc2c(C)nn(-c3ccccc3)c2-n2cccc2[C@@H]1c1ccccc1. The lowest BCUT2D eigenvalue weighted by Gasteiger charge is -2.31. The van der Waals surface area contributed by atoms with Gasteiger partial charge in [0.15, 0.2) is 0 Å².